The van der Waals surface area contributed by atoms with Crippen LogP contribution in [-0.2, 0) is 10.0 Å². The highest BCUT2D eigenvalue weighted by Gasteiger charge is 2.39. The van der Waals surface area contributed by atoms with E-state index in [1.807, 2.05) is 25.1 Å². The zero-order chi connectivity index (χ0) is 20.8. The van der Waals surface area contributed by atoms with Gasteiger partial charge in [0.05, 0.1) is 0 Å². The van der Waals surface area contributed by atoms with Crippen LogP contribution in [0.4, 0.5) is 11.6 Å². The van der Waals surface area contributed by atoms with E-state index >= 15 is 0 Å². The van der Waals surface area contributed by atoms with Crippen LogP contribution in [0, 0.1) is 13.8 Å². The van der Waals surface area contributed by atoms with E-state index in [2.05, 4.69) is 20.0 Å². The molecule has 158 valence electrons. The van der Waals surface area contributed by atoms with Crippen molar-refractivity contribution < 1.29 is 12.9 Å². The smallest absolute Gasteiger partial charge is 0.248 e. The van der Waals surface area contributed by atoms with Crippen LogP contribution >= 0.6 is 0 Å². The first-order valence-electron chi connectivity index (χ1n) is 9.99. The van der Waals surface area contributed by atoms with Gasteiger partial charge in [-0.15, -0.1) is 0 Å². The lowest BCUT2D eigenvalue weighted by Gasteiger charge is -2.39. The van der Waals surface area contributed by atoms with Crippen LogP contribution in [0.15, 0.2) is 21.8 Å². The maximum Gasteiger partial charge on any atom is 0.248 e. The molecule has 29 heavy (non-hydrogen) atoms. The second kappa shape index (κ2) is 7.56. The summed E-state index contributed by atoms with van der Waals surface area (Å²) in [5.74, 6) is 2.15. The predicted octanol–water partition coefficient (Wildman–Crippen LogP) is 1.97. The van der Waals surface area contributed by atoms with Crippen molar-refractivity contribution in [3.05, 3.63) is 23.8 Å². The molecule has 3 heterocycles. The maximum absolute atomic E-state index is 13.1. The van der Waals surface area contributed by atoms with Gasteiger partial charge in [-0.3, -0.25) is 0 Å². The van der Waals surface area contributed by atoms with Gasteiger partial charge in [0.2, 0.25) is 10.0 Å². The number of piperidine rings is 1. The molecule has 0 radical (unpaired) electrons. The van der Waals surface area contributed by atoms with Crippen LogP contribution in [0.2, 0.25) is 0 Å². The van der Waals surface area contributed by atoms with Gasteiger partial charge in [0, 0.05) is 45.3 Å². The average Bonchev–Trinajstić information content (AvgIpc) is 3.46. The lowest BCUT2D eigenvalue weighted by Crippen LogP contribution is -2.48. The summed E-state index contributed by atoms with van der Waals surface area (Å²) in [4.78, 5) is 13.4. The molecule has 0 aromatic carbocycles. The highest BCUT2D eigenvalue weighted by atomic mass is 32.2. The number of anilines is 2. The molecular weight excluding hydrogens is 392 g/mol. The molecule has 2 aliphatic rings. The number of sulfonamides is 1. The predicted molar refractivity (Wildman–Crippen MR) is 110 cm³/mol. The number of rotatable bonds is 6. The monoisotopic (exact) mass is 420 g/mol. The molecule has 1 aliphatic heterocycles. The van der Waals surface area contributed by atoms with Crippen LogP contribution in [0.5, 0.6) is 0 Å². The van der Waals surface area contributed by atoms with Gasteiger partial charge in [0.1, 0.15) is 28.6 Å². The van der Waals surface area contributed by atoms with Crippen molar-refractivity contribution in [2.45, 2.75) is 56.5 Å². The Balaban J connectivity index is 1.52. The van der Waals surface area contributed by atoms with Gasteiger partial charge in [-0.2, -0.15) is 4.31 Å². The third kappa shape index (κ3) is 3.83. The lowest BCUT2D eigenvalue weighted by atomic mass is 10.0. The van der Waals surface area contributed by atoms with Crippen molar-refractivity contribution in [1.29, 1.82) is 0 Å². The molecule has 0 unspecified atom stereocenters. The van der Waals surface area contributed by atoms with Gasteiger partial charge in [-0.05, 0) is 39.5 Å². The average molecular weight is 421 g/mol. The van der Waals surface area contributed by atoms with Crippen LogP contribution in [0.3, 0.4) is 0 Å². The molecule has 2 aromatic rings. The first kappa shape index (κ1) is 20.1. The van der Waals surface area contributed by atoms with E-state index in [0.29, 0.717) is 30.6 Å². The molecule has 0 N–H and O–H groups in total. The Hall–Kier alpha value is -2.20. The summed E-state index contributed by atoms with van der Waals surface area (Å²) in [6.07, 6.45) is 5.44. The Labute approximate surface area is 171 Å². The molecule has 4 rings (SSSR count). The van der Waals surface area contributed by atoms with E-state index < -0.39 is 10.0 Å². The van der Waals surface area contributed by atoms with Crippen molar-refractivity contribution in [3.63, 3.8) is 0 Å². The highest BCUT2D eigenvalue weighted by molar-refractivity contribution is 7.89. The fourth-order valence-electron chi connectivity index (χ4n) is 4.08. The highest BCUT2D eigenvalue weighted by Crippen LogP contribution is 2.36. The number of aromatic nitrogens is 3. The summed E-state index contributed by atoms with van der Waals surface area (Å²) in [6.45, 7) is 4.27. The molecule has 1 saturated heterocycles. The molecule has 0 amide bonds. The molecule has 2 fully saturated rings. The normalized spacial score (nSPS) is 18.8. The topological polar surface area (TPSA) is 95.7 Å². The largest absolute Gasteiger partial charge is 0.363 e. The van der Waals surface area contributed by atoms with E-state index in [9.17, 15) is 8.42 Å². The summed E-state index contributed by atoms with van der Waals surface area (Å²) < 4.78 is 32.8. The maximum atomic E-state index is 13.1. The third-order valence-electron chi connectivity index (χ3n) is 5.68. The second-order valence-corrected chi connectivity index (χ2v) is 9.93. The Morgan fingerprint density at radius 2 is 1.66 bits per heavy atom. The van der Waals surface area contributed by atoms with E-state index in [4.69, 9.17) is 4.52 Å². The van der Waals surface area contributed by atoms with Gasteiger partial charge in [-0.25, -0.2) is 18.4 Å². The summed E-state index contributed by atoms with van der Waals surface area (Å²) in [5.41, 5.74) is 0.418. The first-order valence-corrected chi connectivity index (χ1v) is 11.4. The van der Waals surface area contributed by atoms with Crippen molar-refractivity contribution in [2.75, 3.05) is 37.0 Å². The van der Waals surface area contributed by atoms with Crippen LogP contribution < -0.4 is 9.80 Å². The fourth-order valence-corrected chi connectivity index (χ4v) is 5.84. The Morgan fingerprint density at radius 3 is 2.21 bits per heavy atom. The van der Waals surface area contributed by atoms with Crippen molar-refractivity contribution in [3.8, 4) is 0 Å². The summed E-state index contributed by atoms with van der Waals surface area (Å²) in [5, 5.41) is 3.81. The molecule has 0 spiro atoms. The molecule has 0 bridgehead atoms. The Morgan fingerprint density at radius 1 is 1.03 bits per heavy atom. The Bertz CT molecular complexity index is 958. The second-order valence-electron chi connectivity index (χ2n) is 8.06. The minimum atomic E-state index is -3.59. The third-order valence-corrected chi connectivity index (χ3v) is 7.83. The zero-order valence-corrected chi connectivity index (χ0v) is 18.2. The quantitative estimate of drug-likeness (QED) is 0.700. The van der Waals surface area contributed by atoms with Crippen LogP contribution in [0.1, 0.15) is 37.1 Å². The zero-order valence-electron chi connectivity index (χ0n) is 17.4. The molecule has 0 atom stereocenters. The van der Waals surface area contributed by atoms with Crippen LogP contribution in [0.25, 0.3) is 0 Å². The summed E-state index contributed by atoms with van der Waals surface area (Å²) in [6, 6.07) is 2.77. The standard InChI is InChI=1S/C19H28N6O3S/c1-13-19(14(2)28-22-13)29(26,27)24-9-7-16(8-10-24)25(15-5-6-15)18-11-17(23(3)4)20-12-21-18/h11-12,15-16H,5-10H2,1-4H3. The lowest BCUT2D eigenvalue weighted by molar-refractivity contribution is 0.307. The van der Waals surface area contributed by atoms with Crippen molar-refractivity contribution in [2.24, 2.45) is 0 Å². The minimum Gasteiger partial charge on any atom is -0.363 e. The van der Waals surface area contributed by atoms with E-state index in [1.165, 1.54) is 0 Å². The minimum absolute atomic E-state index is 0.210. The first-order chi connectivity index (χ1) is 13.8. The van der Waals surface area contributed by atoms with Crippen LogP contribution in [-0.4, -0.2) is 67.1 Å². The van der Waals surface area contributed by atoms with Gasteiger partial charge in [0.25, 0.3) is 0 Å². The fraction of sp³-hybridized carbons (Fsp3) is 0.632. The SMILES string of the molecule is Cc1noc(C)c1S(=O)(=O)N1CCC(N(c2cc(N(C)C)ncn2)C2CC2)CC1. The van der Waals surface area contributed by atoms with Gasteiger partial charge >= 0.3 is 0 Å². The summed E-state index contributed by atoms with van der Waals surface area (Å²) >= 11 is 0. The van der Waals surface area contributed by atoms with E-state index in [0.717, 1.165) is 37.3 Å². The van der Waals surface area contributed by atoms with E-state index in [1.54, 1.807) is 24.5 Å². The molecule has 2 aromatic heterocycles. The number of hydrogen-bond acceptors (Lipinski definition) is 8. The van der Waals surface area contributed by atoms with Crippen molar-refractivity contribution >= 4 is 21.7 Å². The molecule has 1 saturated carbocycles. The van der Waals surface area contributed by atoms with Gasteiger partial charge in [-0.1, -0.05) is 5.16 Å². The summed E-state index contributed by atoms with van der Waals surface area (Å²) in [7, 11) is 0.338. The number of aryl methyl sites for hydroxylation is 2. The number of hydrogen-bond donors (Lipinski definition) is 0. The Kier molecular flexibility index (Phi) is 5.24. The molecule has 1 aliphatic carbocycles. The van der Waals surface area contributed by atoms with E-state index in [-0.39, 0.29) is 10.9 Å². The van der Waals surface area contributed by atoms with Gasteiger partial charge in [0.15, 0.2) is 5.76 Å². The van der Waals surface area contributed by atoms with Gasteiger partial charge < -0.3 is 14.3 Å². The molecule has 10 heteroatoms. The molecule has 9 nitrogen and oxygen atoms in total. The van der Waals surface area contributed by atoms with Crippen molar-refractivity contribution in [1.82, 2.24) is 19.4 Å². The molecular formula is C19H28N6O3S. The number of nitrogens with zero attached hydrogens (tertiary/aromatic N) is 6.